The third-order valence-electron chi connectivity index (χ3n) is 7.99. The van der Waals surface area contributed by atoms with Crippen molar-refractivity contribution >= 4 is 32.3 Å². The number of hydrogen-bond acceptors (Lipinski definition) is 1. The van der Waals surface area contributed by atoms with Gasteiger partial charge in [-0.05, 0) is 69.1 Å². The molecule has 1 aliphatic rings. The average molecular weight is 495 g/mol. The van der Waals surface area contributed by atoms with E-state index in [4.69, 9.17) is 4.74 Å². The molecule has 7 rings (SSSR count). The molecule has 0 saturated heterocycles. The predicted molar refractivity (Wildman–Crippen MR) is 159 cm³/mol. The highest BCUT2D eigenvalue weighted by Gasteiger charge is 2.34. The van der Waals surface area contributed by atoms with Gasteiger partial charge in [-0.25, -0.2) is 4.57 Å². The fourth-order valence-electron chi connectivity index (χ4n) is 6.32. The monoisotopic (exact) mass is 494 g/mol. The van der Waals surface area contributed by atoms with Gasteiger partial charge in [-0.15, -0.1) is 0 Å². The zero-order chi connectivity index (χ0) is 26.2. The summed E-state index contributed by atoms with van der Waals surface area (Å²) < 4.78 is 9.29. The van der Waals surface area contributed by atoms with Crippen LogP contribution in [-0.2, 0) is 13.5 Å². The van der Waals surface area contributed by atoms with Crippen LogP contribution in [0.3, 0.4) is 0 Å². The van der Waals surface area contributed by atoms with Crippen molar-refractivity contribution in [2.24, 2.45) is 12.5 Å². The Labute approximate surface area is 224 Å². The maximum absolute atomic E-state index is 7.01. The molecule has 6 aromatic rings. The second-order valence-electron chi connectivity index (χ2n) is 11.9. The van der Waals surface area contributed by atoms with Crippen LogP contribution in [0, 0.1) is 12.3 Å². The van der Waals surface area contributed by atoms with Crippen molar-refractivity contribution in [2.75, 3.05) is 0 Å². The van der Waals surface area contributed by atoms with Crippen molar-refractivity contribution in [1.82, 2.24) is 0 Å². The fraction of sp³-hybridized carbons (Fsp3) is 0.194. The molecule has 1 aromatic heterocycles. The molecule has 0 bridgehead atoms. The Hall–Kier alpha value is -4.17. The second-order valence-corrected chi connectivity index (χ2v) is 11.9. The fourth-order valence-corrected chi connectivity index (χ4v) is 6.32. The van der Waals surface area contributed by atoms with Gasteiger partial charge in [-0.3, -0.25) is 0 Å². The lowest BCUT2D eigenvalue weighted by molar-refractivity contribution is -0.659. The summed E-state index contributed by atoms with van der Waals surface area (Å²) in [6.07, 6.45) is 3.15. The van der Waals surface area contributed by atoms with Crippen LogP contribution >= 0.6 is 0 Å². The quantitative estimate of drug-likeness (QED) is 0.172. The first kappa shape index (κ1) is 23.0. The van der Waals surface area contributed by atoms with Crippen LogP contribution in [0.15, 0.2) is 91.1 Å². The maximum Gasteiger partial charge on any atom is 0.228 e. The highest BCUT2D eigenvalue weighted by atomic mass is 16.5. The minimum Gasteiger partial charge on any atom is -0.455 e. The van der Waals surface area contributed by atoms with Gasteiger partial charge in [0.05, 0.1) is 10.9 Å². The first-order chi connectivity index (χ1) is 18.3. The molecule has 0 fully saturated rings. The Morgan fingerprint density at radius 1 is 0.737 bits per heavy atom. The molecule has 2 heterocycles. The highest BCUT2D eigenvalue weighted by molar-refractivity contribution is 6.16. The number of nitrogens with zero attached hydrogens (tertiary/aromatic N) is 1. The number of pyridine rings is 1. The Morgan fingerprint density at radius 3 is 2.24 bits per heavy atom. The van der Waals surface area contributed by atoms with Crippen molar-refractivity contribution in [2.45, 2.75) is 34.1 Å². The molecule has 0 saturated carbocycles. The third kappa shape index (κ3) is 3.44. The van der Waals surface area contributed by atoms with Crippen LogP contribution in [0.25, 0.3) is 54.7 Å². The Kier molecular flexibility index (Phi) is 4.94. The van der Waals surface area contributed by atoms with Gasteiger partial charge in [0.2, 0.25) is 5.69 Å². The minimum atomic E-state index is 0.123. The number of benzene rings is 5. The van der Waals surface area contributed by atoms with E-state index >= 15 is 0 Å². The summed E-state index contributed by atoms with van der Waals surface area (Å²) in [5.41, 5.74) is 7.62. The molecule has 0 unspecified atom stereocenters. The van der Waals surface area contributed by atoms with Gasteiger partial charge in [0, 0.05) is 17.0 Å². The summed E-state index contributed by atoms with van der Waals surface area (Å²) >= 11 is 0. The van der Waals surface area contributed by atoms with E-state index in [1.165, 1.54) is 65.8 Å². The molecule has 0 N–H and O–H groups in total. The van der Waals surface area contributed by atoms with Crippen LogP contribution < -0.4 is 9.30 Å². The van der Waals surface area contributed by atoms with E-state index in [1.807, 2.05) is 0 Å². The van der Waals surface area contributed by atoms with Crippen molar-refractivity contribution < 1.29 is 9.30 Å². The van der Waals surface area contributed by atoms with Crippen LogP contribution in [0.1, 0.15) is 31.9 Å². The van der Waals surface area contributed by atoms with E-state index < -0.39 is 0 Å². The molecule has 2 nitrogen and oxygen atoms in total. The number of rotatable bonds is 2. The predicted octanol–water partition coefficient (Wildman–Crippen LogP) is 9.31. The van der Waals surface area contributed by atoms with Gasteiger partial charge in [0.15, 0.2) is 6.20 Å². The van der Waals surface area contributed by atoms with E-state index in [1.54, 1.807) is 0 Å². The Morgan fingerprint density at radius 2 is 1.47 bits per heavy atom. The number of hydrogen-bond donors (Lipinski definition) is 0. The van der Waals surface area contributed by atoms with Crippen LogP contribution in [0.2, 0.25) is 0 Å². The molecule has 0 amide bonds. The summed E-state index contributed by atoms with van der Waals surface area (Å²) in [5, 5.41) is 7.49. The molecule has 0 aliphatic carbocycles. The van der Waals surface area contributed by atoms with Crippen molar-refractivity contribution in [3.8, 4) is 33.9 Å². The molecule has 186 valence electrons. The van der Waals surface area contributed by atoms with Crippen molar-refractivity contribution in [3.05, 3.63) is 102 Å². The number of aromatic nitrogens is 1. The van der Waals surface area contributed by atoms with Crippen LogP contribution in [0.4, 0.5) is 0 Å². The molecule has 1 aliphatic heterocycles. The zero-order valence-corrected chi connectivity index (χ0v) is 22.7. The van der Waals surface area contributed by atoms with Gasteiger partial charge in [0.25, 0.3) is 0 Å². The molecule has 5 aromatic carbocycles. The number of aryl methyl sites for hydroxylation is 2. The van der Waals surface area contributed by atoms with Crippen LogP contribution in [0.5, 0.6) is 11.5 Å². The van der Waals surface area contributed by atoms with E-state index in [-0.39, 0.29) is 5.41 Å². The lowest BCUT2D eigenvalue weighted by Crippen LogP contribution is -2.32. The minimum absolute atomic E-state index is 0.123. The SMILES string of the molecule is Cc1c2c(c(CC(C)(C)C)c3ccccc13)Oc1cc3cc(-c4ccccc4)ccc3c3cc[n+](C)c-2c13. The molecule has 2 heteroatoms. The summed E-state index contributed by atoms with van der Waals surface area (Å²) in [6, 6.07) is 30.7. The summed E-state index contributed by atoms with van der Waals surface area (Å²) in [5.74, 6) is 1.96. The molecule has 0 spiro atoms. The van der Waals surface area contributed by atoms with E-state index in [9.17, 15) is 0 Å². The van der Waals surface area contributed by atoms with Gasteiger partial charge < -0.3 is 4.74 Å². The summed E-state index contributed by atoms with van der Waals surface area (Å²) in [7, 11) is 2.16. The van der Waals surface area contributed by atoms with E-state index in [0.29, 0.717) is 0 Å². The van der Waals surface area contributed by atoms with E-state index in [0.717, 1.165) is 17.9 Å². The lowest BCUT2D eigenvalue weighted by atomic mass is 9.81. The summed E-state index contributed by atoms with van der Waals surface area (Å²) in [6.45, 7) is 9.18. The third-order valence-corrected chi connectivity index (χ3v) is 7.99. The first-order valence-electron chi connectivity index (χ1n) is 13.5. The second kappa shape index (κ2) is 8.16. The number of fused-ring (bicyclic) bond motifs is 5. The van der Waals surface area contributed by atoms with Gasteiger partial charge in [-0.2, -0.15) is 0 Å². The van der Waals surface area contributed by atoms with E-state index in [2.05, 4.69) is 130 Å². The van der Waals surface area contributed by atoms with Crippen molar-refractivity contribution in [1.29, 1.82) is 0 Å². The Bertz CT molecular complexity index is 1910. The van der Waals surface area contributed by atoms with Gasteiger partial charge in [0.1, 0.15) is 18.5 Å². The smallest absolute Gasteiger partial charge is 0.228 e. The summed E-state index contributed by atoms with van der Waals surface area (Å²) in [4.78, 5) is 0. The van der Waals surface area contributed by atoms with Gasteiger partial charge in [-0.1, -0.05) is 87.5 Å². The first-order valence-corrected chi connectivity index (χ1v) is 13.5. The molecule has 0 radical (unpaired) electrons. The highest BCUT2D eigenvalue weighted by Crippen LogP contribution is 2.52. The topological polar surface area (TPSA) is 13.1 Å². The lowest BCUT2D eigenvalue weighted by Gasteiger charge is -2.28. The molecule has 38 heavy (non-hydrogen) atoms. The number of ether oxygens (including phenoxy) is 1. The molecule has 0 atom stereocenters. The largest absolute Gasteiger partial charge is 0.455 e. The maximum atomic E-state index is 7.01. The standard InChI is InChI=1S/C36H32NO/c1-22-26-13-9-10-14-28(26)30(21-36(2,3)4)35-32(22)34-33-29(17-18-37(34)5)27-16-15-24(23-11-7-6-8-12-23)19-25(27)20-31(33)38-35/h6-20H,21H2,1-5H3/q+1. The van der Waals surface area contributed by atoms with Crippen molar-refractivity contribution in [3.63, 3.8) is 0 Å². The molecular formula is C36H32NO+. The van der Waals surface area contributed by atoms with Gasteiger partial charge >= 0.3 is 0 Å². The zero-order valence-electron chi connectivity index (χ0n) is 22.7. The molecular weight excluding hydrogens is 462 g/mol. The average Bonchev–Trinajstić information content (AvgIpc) is 2.91. The normalized spacial score (nSPS) is 12.7. The Balaban J connectivity index is 1.58. The van der Waals surface area contributed by atoms with Crippen LogP contribution in [-0.4, -0.2) is 0 Å².